The van der Waals surface area contributed by atoms with Gasteiger partial charge in [-0.2, -0.15) is 18.2 Å². The van der Waals surface area contributed by atoms with Crippen molar-refractivity contribution in [2.75, 3.05) is 26.4 Å². The number of halogens is 3. The van der Waals surface area contributed by atoms with Gasteiger partial charge in [-0.05, 0) is 61.6 Å². The van der Waals surface area contributed by atoms with E-state index in [1.54, 1.807) is 4.90 Å². The first-order chi connectivity index (χ1) is 17.8. The second kappa shape index (κ2) is 10.2. The largest absolute Gasteiger partial charge is 0.493 e. The number of nitrogens with zero attached hydrogens (tertiary/aromatic N) is 3. The van der Waals surface area contributed by atoms with Gasteiger partial charge in [0.15, 0.2) is 17.5 Å². The third kappa shape index (κ3) is 5.42. The van der Waals surface area contributed by atoms with Gasteiger partial charge in [0.2, 0.25) is 11.7 Å². The first-order valence-electron chi connectivity index (χ1n) is 12.0. The summed E-state index contributed by atoms with van der Waals surface area (Å²) in [5, 5.41) is 11.5. The molecule has 2 aliphatic heterocycles. The number of nitrogens with one attached hydrogen (secondary N) is 1. The summed E-state index contributed by atoms with van der Waals surface area (Å²) in [6, 6.07) is 8.96. The molecule has 37 heavy (non-hydrogen) atoms. The van der Waals surface area contributed by atoms with Crippen molar-refractivity contribution < 1.29 is 31.9 Å². The van der Waals surface area contributed by atoms with Crippen LogP contribution in [0.3, 0.4) is 0 Å². The molecule has 1 unspecified atom stereocenters. The van der Waals surface area contributed by atoms with Gasteiger partial charge in [0.25, 0.3) is 0 Å². The van der Waals surface area contributed by atoms with Crippen molar-refractivity contribution >= 4 is 5.96 Å². The number of hydrogen-bond donors (Lipinski definition) is 2. The number of likely N-dealkylation sites (tertiary alicyclic amines) is 1. The molecule has 3 N–H and O–H groups in total. The van der Waals surface area contributed by atoms with Crippen molar-refractivity contribution in [2.45, 2.75) is 37.9 Å². The van der Waals surface area contributed by atoms with E-state index in [0.29, 0.717) is 50.5 Å². The quantitative estimate of drug-likeness (QED) is 0.266. The molecule has 1 saturated heterocycles. The summed E-state index contributed by atoms with van der Waals surface area (Å²) in [7, 11) is 0. The van der Waals surface area contributed by atoms with E-state index in [2.05, 4.69) is 10.1 Å². The monoisotopic (exact) mass is 517 g/mol. The van der Waals surface area contributed by atoms with E-state index >= 15 is 0 Å². The van der Waals surface area contributed by atoms with Crippen molar-refractivity contribution in [2.24, 2.45) is 5.73 Å². The molecule has 0 spiro atoms. The molecular weight excluding hydrogens is 491 g/mol. The van der Waals surface area contributed by atoms with Crippen LogP contribution in [-0.2, 0) is 12.6 Å². The fraction of sp³-hybridized carbons (Fsp3) is 0.400. The van der Waals surface area contributed by atoms with Gasteiger partial charge in [-0.3, -0.25) is 5.41 Å². The fourth-order valence-electron chi connectivity index (χ4n) is 4.52. The second-order valence-electron chi connectivity index (χ2n) is 8.83. The molecule has 0 aliphatic carbocycles. The Bertz CT molecular complexity index is 1280. The van der Waals surface area contributed by atoms with Crippen LogP contribution >= 0.6 is 0 Å². The normalized spacial score (nSPS) is 17.2. The third-order valence-corrected chi connectivity index (χ3v) is 6.31. The van der Waals surface area contributed by atoms with Crippen LogP contribution < -0.4 is 19.9 Å². The molecule has 0 radical (unpaired) electrons. The number of rotatable bonds is 7. The topological polar surface area (TPSA) is 120 Å². The maximum atomic E-state index is 13.9. The number of benzene rings is 2. The number of guanidine groups is 1. The van der Waals surface area contributed by atoms with Crippen LogP contribution in [-0.4, -0.2) is 47.4 Å². The van der Waals surface area contributed by atoms with Crippen molar-refractivity contribution in [3.05, 3.63) is 53.4 Å². The molecule has 12 heteroatoms. The summed E-state index contributed by atoms with van der Waals surface area (Å²) in [5.41, 5.74) is 5.83. The summed E-state index contributed by atoms with van der Waals surface area (Å²) < 4.78 is 63.5. The van der Waals surface area contributed by atoms with Gasteiger partial charge < -0.3 is 29.4 Å². The number of ether oxygens (including phenoxy) is 3. The Morgan fingerprint density at radius 3 is 2.73 bits per heavy atom. The minimum Gasteiger partial charge on any atom is -0.493 e. The van der Waals surface area contributed by atoms with Crippen LogP contribution in [0.4, 0.5) is 13.2 Å². The molecule has 9 nitrogen and oxygen atoms in total. The van der Waals surface area contributed by atoms with E-state index in [-0.39, 0.29) is 41.6 Å². The molecule has 0 saturated carbocycles. The standard InChI is InChI=1S/C25H26F3N5O4/c26-25(27,28)17-14-16(22-31-23(37-32-22)18-4-1-9-33(18)24(29)30)6-8-19(17)34-10-2-3-15-5-7-20-21(13-15)36-12-11-35-20/h5-8,13-14,18H,1-4,9-12H2,(H3,29,30). The highest BCUT2D eigenvalue weighted by molar-refractivity contribution is 5.75. The summed E-state index contributed by atoms with van der Waals surface area (Å²) >= 11 is 0. The first kappa shape index (κ1) is 24.7. The van der Waals surface area contributed by atoms with Gasteiger partial charge in [0.05, 0.1) is 12.2 Å². The van der Waals surface area contributed by atoms with E-state index in [0.717, 1.165) is 18.1 Å². The van der Waals surface area contributed by atoms with Crippen LogP contribution in [0, 0.1) is 5.41 Å². The van der Waals surface area contributed by atoms with Crippen molar-refractivity contribution in [3.63, 3.8) is 0 Å². The Labute approximate surface area is 210 Å². The Kier molecular flexibility index (Phi) is 6.81. The zero-order valence-electron chi connectivity index (χ0n) is 19.9. The average Bonchev–Trinajstić information content (AvgIpc) is 3.56. The van der Waals surface area contributed by atoms with E-state index in [9.17, 15) is 13.2 Å². The minimum atomic E-state index is -4.63. The molecular formula is C25H26F3N5O4. The lowest BCUT2D eigenvalue weighted by Crippen LogP contribution is -2.35. The Morgan fingerprint density at radius 2 is 1.95 bits per heavy atom. The van der Waals surface area contributed by atoms with Crippen molar-refractivity contribution in [1.82, 2.24) is 15.0 Å². The van der Waals surface area contributed by atoms with Crippen LogP contribution in [0.1, 0.15) is 42.3 Å². The van der Waals surface area contributed by atoms with Gasteiger partial charge in [-0.1, -0.05) is 11.2 Å². The number of alkyl halides is 3. The summed E-state index contributed by atoms with van der Waals surface area (Å²) in [4.78, 5) is 5.91. The van der Waals surface area contributed by atoms with Crippen molar-refractivity contribution in [1.29, 1.82) is 5.41 Å². The maximum absolute atomic E-state index is 13.9. The number of hydrogen-bond acceptors (Lipinski definition) is 7. The molecule has 5 rings (SSSR count). The van der Waals surface area contributed by atoms with Gasteiger partial charge in [0.1, 0.15) is 25.0 Å². The van der Waals surface area contributed by atoms with Gasteiger partial charge in [-0.25, -0.2) is 0 Å². The maximum Gasteiger partial charge on any atom is 0.419 e. The third-order valence-electron chi connectivity index (χ3n) is 6.31. The lowest BCUT2D eigenvalue weighted by atomic mass is 10.1. The zero-order valence-corrected chi connectivity index (χ0v) is 19.9. The highest BCUT2D eigenvalue weighted by Crippen LogP contribution is 2.39. The Hall–Kier alpha value is -3.96. The molecule has 3 aromatic rings. The summed E-state index contributed by atoms with van der Waals surface area (Å²) in [5.74, 6) is 1.23. The van der Waals surface area contributed by atoms with E-state index in [4.69, 9.17) is 29.9 Å². The lowest BCUT2D eigenvalue weighted by Gasteiger charge is -2.21. The molecule has 2 aliphatic rings. The molecule has 1 atom stereocenters. The Morgan fingerprint density at radius 1 is 1.14 bits per heavy atom. The second-order valence-corrected chi connectivity index (χ2v) is 8.83. The summed E-state index contributed by atoms with van der Waals surface area (Å²) in [6.07, 6.45) is -2.05. The SMILES string of the molecule is N=C(N)N1CCCC1c1nc(-c2ccc(OCCCc3ccc4c(c3)OCCO4)c(C(F)(F)F)c2)no1. The lowest BCUT2D eigenvalue weighted by molar-refractivity contribution is -0.138. The predicted molar refractivity (Wildman–Crippen MR) is 127 cm³/mol. The molecule has 2 aromatic carbocycles. The van der Waals surface area contributed by atoms with Gasteiger partial charge in [0, 0.05) is 12.1 Å². The number of aromatic nitrogens is 2. The molecule has 3 heterocycles. The zero-order chi connectivity index (χ0) is 26.0. The van der Waals surface area contributed by atoms with E-state index in [1.807, 2.05) is 18.2 Å². The van der Waals surface area contributed by atoms with Crippen LogP contribution in [0.5, 0.6) is 17.2 Å². The Balaban J connectivity index is 1.26. The van der Waals surface area contributed by atoms with Crippen LogP contribution in [0.25, 0.3) is 11.4 Å². The average molecular weight is 518 g/mol. The molecule has 1 fully saturated rings. The molecule has 1 aromatic heterocycles. The van der Waals surface area contributed by atoms with Crippen LogP contribution in [0.15, 0.2) is 40.9 Å². The number of aryl methyl sites for hydroxylation is 1. The van der Waals surface area contributed by atoms with Crippen molar-refractivity contribution in [3.8, 4) is 28.6 Å². The fourth-order valence-corrected chi connectivity index (χ4v) is 4.52. The van der Waals surface area contributed by atoms with E-state index < -0.39 is 11.7 Å². The van der Waals surface area contributed by atoms with E-state index in [1.165, 1.54) is 12.1 Å². The first-order valence-corrected chi connectivity index (χ1v) is 12.0. The van der Waals surface area contributed by atoms with Crippen LogP contribution in [0.2, 0.25) is 0 Å². The molecule has 0 bridgehead atoms. The number of nitrogens with two attached hydrogens (primary N) is 1. The molecule has 0 amide bonds. The van der Waals surface area contributed by atoms with Gasteiger partial charge in [-0.15, -0.1) is 0 Å². The predicted octanol–water partition coefficient (Wildman–Crippen LogP) is 4.57. The minimum absolute atomic E-state index is 0.0288. The smallest absolute Gasteiger partial charge is 0.419 e. The molecule has 196 valence electrons. The highest BCUT2D eigenvalue weighted by Gasteiger charge is 2.36. The van der Waals surface area contributed by atoms with Gasteiger partial charge >= 0.3 is 6.18 Å². The highest BCUT2D eigenvalue weighted by atomic mass is 19.4. The summed E-state index contributed by atoms with van der Waals surface area (Å²) in [6.45, 7) is 1.67. The number of fused-ring (bicyclic) bond motifs is 1.